The number of carbonyl (C=O) groups excluding carboxylic acids is 1. The van der Waals surface area contributed by atoms with E-state index in [4.69, 9.17) is 0 Å². The number of carbonyl (C=O) groups is 1. The van der Waals surface area contributed by atoms with Crippen molar-refractivity contribution in [3.05, 3.63) is 101 Å². The molecule has 0 aliphatic heterocycles. The SMILES string of the molecule is C[C@@H](NC(=O)CCn1cnc2ccccc2c1=O)c1ccc(-c2ccccc2)cc1. The first-order valence-corrected chi connectivity index (χ1v) is 10.0. The molecule has 4 aromatic rings. The first-order valence-electron chi connectivity index (χ1n) is 10.0. The summed E-state index contributed by atoms with van der Waals surface area (Å²) in [5.41, 5.74) is 3.87. The van der Waals surface area contributed by atoms with Crippen molar-refractivity contribution in [2.45, 2.75) is 25.9 Å². The standard InChI is InChI=1S/C25H23N3O2/c1-18(19-11-13-21(14-12-19)20-7-3-2-4-8-20)27-24(29)15-16-28-17-26-23-10-6-5-9-22(23)25(28)30/h2-14,17-18H,15-16H2,1H3,(H,27,29)/t18-/m1/s1. The number of aryl methyl sites for hydroxylation is 1. The number of amides is 1. The minimum Gasteiger partial charge on any atom is -0.350 e. The number of hydrogen-bond acceptors (Lipinski definition) is 3. The van der Waals surface area contributed by atoms with Crippen molar-refractivity contribution in [1.29, 1.82) is 0 Å². The highest BCUT2D eigenvalue weighted by Gasteiger charge is 2.11. The van der Waals surface area contributed by atoms with Gasteiger partial charge in [-0.05, 0) is 35.7 Å². The van der Waals surface area contributed by atoms with Crippen molar-refractivity contribution >= 4 is 16.8 Å². The third-order valence-corrected chi connectivity index (χ3v) is 5.21. The van der Waals surface area contributed by atoms with Crippen LogP contribution in [0.1, 0.15) is 24.9 Å². The number of benzene rings is 3. The zero-order valence-corrected chi connectivity index (χ0v) is 16.8. The van der Waals surface area contributed by atoms with Crippen molar-refractivity contribution in [2.24, 2.45) is 0 Å². The summed E-state index contributed by atoms with van der Waals surface area (Å²) in [6, 6.07) is 25.5. The average Bonchev–Trinajstić information content (AvgIpc) is 2.79. The van der Waals surface area contributed by atoms with Gasteiger partial charge in [0.1, 0.15) is 0 Å². The van der Waals surface area contributed by atoms with Gasteiger partial charge in [0.2, 0.25) is 5.91 Å². The number of aromatic nitrogens is 2. The molecule has 5 heteroatoms. The molecule has 0 aliphatic rings. The molecular weight excluding hydrogens is 374 g/mol. The molecule has 0 radical (unpaired) electrons. The monoisotopic (exact) mass is 397 g/mol. The number of fused-ring (bicyclic) bond motifs is 1. The fourth-order valence-corrected chi connectivity index (χ4v) is 3.48. The number of rotatable bonds is 6. The minimum absolute atomic E-state index is 0.102. The lowest BCUT2D eigenvalue weighted by atomic mass is 10.0. The topological polar surface area (TPSA) is 64.0 Å². The van der Waals surface area contributed by atoms with E-state index in [1.165, 1.54) is 10.9 Å². The molecule has 1 atom stereocenters. The van der Waals surface area contributed by atoms with Crippen molar-refractivity contribution in [3.63, 3.8) is 0 Å². The normalized spacial score (nSPS) is 11.9. The van der Waals surface area contributed by atoms with Crippen LogP contribution in [0.3, 0.4) is 0 Å². The van der Waals surface area contributed by atoms with Crippen molar-refractivity contribution < 1.29 is 4.79 Å². The zero-order chi connectivity index (χ0) is 20.9. The van der Waals surface area contributed by atoms with Crippen LogP contribution in [0.2, 0.25) is 0 Å². The van der Waals surface area contributed by atoms with Crippen LogP contribution in [-0.2, 0) is 11.3 Å². The quantitative estimate of drug-likeness (QED) is 0.527. The van der Waals surface area contributed by atoms with Gasteiger partial charge in [0.25, 0.3) is 5.56 Å². The van der Waals surface area contributed by atoms with Crippen molar-refractivity contribution in [2.75, 3.05) is 0 Å². The molecule has 30 heavy (non-hydrogen) atoms. The van der Waals surface area contributed by atoms with Crippen LogP contribution in [0.5, 0.6) is 0 Å². The molecule has 3 aromatic carbocycles. The summed E-state index contributed by atoms with van der Waals surface area (Å²) in [6.07, 6.45) is 1.72. The molecule has 150 valence electrons. The van der Waals surface area contributed by atoms with E-state index in [0.29, 0.717) is 17.4 Å². The van der Waals surface area contributed by atoms with Gasteiger partial charge >= 0.3 is 0 Å². The molecule has 1 aromatic heterocycles. The van der Waals surface area contributed by atoms with Gasteiger partial charge in [-0.2, -0.15) is 0 Å². The Labute approximate surface area is 175 Å². The van der Waals surface area contributed by atoms with E-state index in [2.05, 4.69) is 34.6 Å². The van der Waals surface area contributed by atoms with Crippen LogP contribution in [0.25, 0.3) is 22.0 Å². The van der Waals surface area contributed by atoms with Crippen LogP contribution in [-0.4, -0.2) is 15.5 Å². The summed E-state index contributed by atoms with van der Waals surface area (Å²) < 4.78 is 1.49. The first-order chi connectivity index (χ1) is 14.6. The predicted octanol–water partition coefficient (Wildman–Crippen LogP) is 4.33. The molecule has 0 bridgehead atoms. The largest absolute Gasteiger partial charge is 0.350 e. The molecule has 0 saturated carbocycles. The van der Waals surface area contributed by atoms with Gasteiger partial charge < -0.3 is 5.32 Å². The Kier molecular flexibility index (Phi) is 5.70. The van der Waals surface area contributed by atoms with E-state index in [1.807, 2.05) is 49.4 Å². The Morgan fingerprint density at radius 3 is 2.37 bits per heavy atom. The lowest BCUT2D eigenvalue weighted by Crippen LogP contribution is -2.29. The Hall–Kier alpha value is -3.73. The molecule has 0 saturated heterocycles. The summed E-state index contributed by atoms with van der Waals surface area (Å²) >= 11 is 0. The van der Waals surface area contributed by atoms with E-state index in [9.17, 15) is 9.59 Å². The van der Waals surface area contributed by atoms with Gasteiger partial charge in [-0.1, -0.05) is 66.7 Å². The highest BCUT2D eigenvalue weighted by atomic mass is 16.2. The third-order valence-electron chi connectivity index (χ3n) is 5.21. The van der Waals surface area contributed by atoms with E-state index in [1.54, 1.807) is 12.1 Å². The number of nitrogens with one attached hydrogen (secondary N) is 1. The molecule has 5 nitrogen and oxygen atoms in total. The average molecular weight is 397 g/mol. The molecule has 1 amide bonds. The van der Waals surface area contributed by atoms with Gasteiger partial charge in [-0.3, -0.25) is 14.2 Å². The van der Waals surface area contributed by atoms with Crippen LogP contribution >= 0.6 is 0 Å². The molecule has 1 N–H and O–H groups in total. The minimum atomic E-state index is -0.127. The Balaban J connectivity index is 1.37. The lowest BCUT2D eigenvalue weighted by Gasteiger charge is -2.15. The van der Waals surface area contributed by atoms with Crippen molar-refractivity contribution in [1.82, 2.24) is 14.9 Å². The Morgan fingerprint density at radius 2 is 1.60 bits per heavy atom. The molecule has 0 unspecified atom stereocenters. The van der Waals surface area contributed by atoms with Crippen molar-refractivity contribution in [3.8, 4) is 11.1 Å². The summed E-state index contributed by atoms with van der Waals surface area (Å²) in [6.45, 7) is 2.25. The smallest absolute Gasteiger partial charge is 0.261 e. The van der Waals surface area contributed by atoms with Crippen LogP contribution in [0, 0.1) is 0 Å². The summed E-state index contributed by atoms with van der Waals surface area (Å²) in [7, 11) is 0. The number of hydrogen-bond donors (Lipinski definition) is 1. The molecule has 4 rings (SSSR count). The van der Waals surface area contributed by atoms with Crippen LogP contribution in [0.4, 0.5) is 0 Å². The van der Waals surface area contributed by atoms with Crippen LogP contribution in [0.15, 0.2) is 90.0 Å². The first kappa shape index (κ1) is 19.6. The van der Waals surface area contributed by atoms with Gasteiger partial charge in [0, 0.05) is 13.0 Å². The van der Waals surface area contributed by atoms with Crippen LogP contribution < -0.4 is 10.9 Å². The second-order valence-electron chi connectivity index (χ2n) is 7.29. The molecular formula is C25H23N3O2. The second-order valence-corrected chi connectivity index (χ2v) is 7.29. The van der Waals surface area contributed by atoms with E-state index in [-0.39, 0.29) is 23.9 Å². The van der Waals surface area contributed by atoms with Gasteiger partial charge in [-0.15, -0.1) is 0 Å². The van der Waals surface area contributed by atoms with Gasteiger partial charge in [0.05, 0.1) is 23.3 Å². The summed E-state index contributed by atoms with van der Waals surface area (Å²) in [5.74, 6) is -0.102. The van der Waals surface area contributed by atoms with Gasteiger partial charge in [0.15, 0.2) is 0 Å². The molecule has 0 spiro atoms. The fourth-order valence-electron chi connectivity index (χ4n) is 3.48. The van der Waals surface area contributed by atoms with E-state index >= 15 is 0 Å². The number of nitrogens with zero attached hydrogens (tertiary/aromatic N) is 2. The third kappa shape index (κ3) is 4.30. The van der Waals surface area contributed by atoms with Gasteiger partial charge in [-0.25, -0.2) is 4.98 Å². The molecule has 0 aliphatic carbocycles. The second kappa shape index (κ2) is 8.74. The predicted molar refractivity (Wildman–Crippen MR) is 119 cm³/mol. The maximum Gasteiger partial charge on any atom is 0.261 e. The van der Waals surface area contributed by atoms with E-state index in [0.717, 1.165) is 16.7 Å². The lowest BCUT2D eigenvalue weighted by molar-refractivity contribution is -0.121. The highest BCUT2D eigenvalue weighted by Crippen LogP contribution is 2.21. The molecule has 1 heterocycles. The Bertz CT molecular complexity index is 1210. The molecule has 0 fully saturated rings. The van der Waals surface area contributed by atoms with E-state index < -0.39 is 0 Å². The Morgan fingerprint density at radius 1 is 0.933 bits per heavy atom. The maximum atomic E-state index is 12.5. The highest BCUT2D eigenvalue weighted by molar-refractivity contribution is 5.78. The maximum absolute atomic E-state index is 12.5. The summed E-state index contributed by atoms with van der Waals surface area (Å²) in [4.78, 5) is 29.2. The number of para-hydroxylation sites is 1. The summed E-state index contributed by atoms with van der Waals surface area (Å²) in [5, 5.41) is 3.57. The fraction of sp³-hybridized carbons (Fsp3) is 0.160. The zero-order valence-electron chi connectivity index (χ0n) is 16.8.